The lowest BCUT2D eigenvalue weighted by Gasteiger charge is -2.20. The Morgan fingerprint density at radius 2 is 1.28 bits per heavy atom. The Kier molecular flexibility index (Phi) is 18.2. The third-order valence-electron chi connectivity index (χ3n) is 6.64. The minimum absolute atomic E-state index is 0.0123. The van der Waals surface area contributed by atoms with Gasteiger partial charge in [0, 0.05) is 0 Å². The molecule has 0 amide bonds. The van der Waals surface area contributed by atoms with Crippen molar-refractivity contribution in [1.29, 1.82) is 0 Å². The SMILES string of the molecule is CCCCCCCCCCCCOC(=O)C(Cc1ccccc1)CC(C)CCCCCC. The van der Waals surface area contributed by atoms with Crippen molar-refractivity contribution in [2.24, 2.45) is 11.8 Å². The lowest BCUT2D eigenvalue weighted by molar-refractivity contribution is -0.149. The van der Waals surface area contributed by atoms with Crippen LogP contribution in [0, 0.1) is 11.8 Å². The molecule has 0 saturated heterocycles. The van der Waals surface area contributed by atoms with Crippen molar-refractivity contribution in [3.8, 4) is 0 Å². The Balaban J connectivity index is 2.29. The van der Waals surface area contributed by atoms with Gasteiger partial charge in [0.2, 0.25) is 0 Å². The molecule has 2 heteroatoms. The zero-order valence-corrected chi connectivity index (χ0v) is 21.6. The molecule has 1 rings (SSSR count). The summed E-state index contributed by atoms with van der Waals surface area (Å²) in [6.07, 6.45) is 21.2. The van der Waals surface area contributed by atoms with Gasteiger partial charge in [0.25, 0.3) is 0 Å². The molecule has 0 aromatic heterocycles. The van der Waals surface area contributed by atoms with Gasteiger partial charge in [-0.15, -0.1) is 0 Å². The molecule has 184 valence electrons. The second-order valence-electron chi connectivity index (χ2n) is 9.93. The fourth-order valence-electron chi connectivity index (χ4n) is 4.56. The summed E-state index contributed by atoms with van der Waals surface area (Å²) >= 11 is 0. The third kappa shape index (κ3) is 15.5. The Bertz CT molecular complexity index is 539. The van der Waals surface area contributed by atoms with Gasteiger partial charge >= 0.3 is 5.97 Å². The summed E-state index contributed by atoms with van der Waals surface area (Å²) in [6.45, 7) is 7.42. The van der Waals surface area contributed by atoms with Crippen molar-refractivity contribution in [2.45, 2.75) is 130 Å². The van der Waals surface area contributed by atoms with E-state index in [0.717, 1.165) is 19.3 Å². The van der Waals surface area contributed by atoms with E-state index in [1.165, 1.54) is 95.5 Å². The molecule has 1 aromatic carbocycles. The molecule has 0 aliphatic heterocycles. The fourth-order valence-corrected chi connectivity index (χ4v) is 4.56. The van der Waals surface area contributed by atoms with Crippen LogP contribution in [-0.4, -0.2) is 12.6 Å². The number of unbranched alkanes of at least 4 members (excludes halogenated alkanes) is 12. The summed E-state index contributed by atoms with van der Waals surface area (Å²) < 4.78 is 5.75. The summed E-state index contributed by atoms with van der Waals surface area (Å²) in [4.78, 5) is 12.9. The summed E-state index contributed by atoms with van der Waals surface area (Å²) in [6, 6.07) is 10.4. The van der Waals surface area contributed by atoms with Crippen molar-refractivity contribution in [3.63, 3.8) is 0 Å². The highest BCUT2D eigenvalue weighted by molar-refractivity contribution is 5.72. The van der Waals surface area contributed by atoms with Crippen LogP contribution in [0.4, 0.5) is 0 Å². The highest BCUT2D eigenvalue weighted by Gasteiger charge is 2.23. The lowest BCUT2D eigenvalue weighted by atomic mass is 9.87. The predicted octanol–water partition coefficient (Wildman–Crippen LogP) is 9.31. The number of carbonyl (C=O) groups is 1. The second kappa shape index (κ2) is 20.3. The van der Waals surface area contributed by atoms with Gasteiger partial charge in [-0.2, -0.15) is 0 Å². The van der Waals surface area contributed by atoms with Gasteiger partial charge in [-0.05, 0) is 30.7 Å². The summed E-state index contributed by atoms with van der Waals surface area (Å²) in [5.41, 5.74) is 1.24. The molecule has 0 bridgehead atoms. The molecule has 2 unspecified atom stereocenters. The first-order valence-electron chi connectivity index (χ1n) is 13.9. The molecule has 0 aliphatic carbocycles. The van der Waals surface area contributed by atoms with Crippen LogP contribution in [0.5, 0.6) is 0 Å². The molecule has 0 fully saturated rings. The highest BCUT2D eigenvalue weighted by Crippen LogP contribution is 2.23. The van der Waals surface area contributed by atoms with Crippen molar-refractivity contribution in [2.75, 3.05) is 6.61 Å². The average Bonchev–Trinajstić information content (AvgIpc) is 2.80. The Labute approximate surface area is 199 Å². The summed E-state index contributed by atoms with van der Waals surface area (Å²) in [7, 11) is 0. The third-order valence-corrected chi connectivity index (χ3v) is 6.64. The van der Waals surface area contributed by atoms with Crippen LogP contribution in [0.3, 0.4) is 0 Å². The molecule has 0 aliphatic rings. The first-order valence-corrected chi connectivity index (χ1v) is 13.9. The molecular formula is C30H52O2. The van der Waals surface area contributed by atoms with E-state index in [-0.39, 0.29) is 11.9 Å². The molecule has 1 aromatic rings. The topological polar surface area (TPSA) is 26.3 Å². The van der Waals surface area contributed by atoms with E-state index in [9.17, 15) is 4.79 Å². The number of benzene rings is 1. The standard InChI is InChI=1S/C30H52O2/c1-4-6-8-10-11-12-13-14-15-20-24-32-30(31)29(26-28-22-18-16-19-23-28)25-27(3)21-17-9-7-5-2/h16,18-19,22-23,27,29H,4-15,17,20-21,24-26H2,1-3H3. The van der Waals surface area contributed by atoms with E-state index in [1.54, 1.807) is 0 Å². The van der Waals surface area contributed by atoms with Crippen LogP contribution in [0.1, 0.15) is 129 Å². The Morgan fingerprint density at radius 3 is 1.88 bits per heavy atom. The maximum Gasteiger partial charge on any atom is 0.309 e. The van der Waals surface area contributed by atoms with Gasteiger partial charge in [0.15, 0.2) is 0 Å². The van der Waals surface area contributed by atoms with E-state index >= 15 is 0 Å². The number of hydrogen-bond acceptors (Lipinski definition) is 2. The molecule has 2 atom stereocenters. The maximum atomic E-state index is 12.9. The number of rotatable bonds is 21. The zero-order chi connectivity index (χ0) is 23.3. The van der Waals surface area contributed by atoms with Gasteiger partial charge in [-0.1, -0.05) is 141 Å². The first kappa shape index (κ1) is 28.7. The fraction of sp³-hybridized carbons (Fsp3) is 0.767. The van der Waals surface area contributed by atoms with Crippen LogP contribution >= 0.6 is 0 Å². The van der Waals surface area contributed by atoms with Crippen LogP contribution < -0.4 is 0 Å². The summed E-state index contributed by atoms with van der Waals surface area (Å²) in [5.74, 6) is 0.581. The summed E-state index contributed by atoms with van der Waals surface area (Å²) in [5, 5.41) is 0. The van der Waals surface area contributed by atoms with Gasteiger partial charge in [0.1, 0.15) is 0 Å². The number of esters is 1. The highest BCUT2D eigenvalue weighted by atomic mass is 16.5. The second-order valence-corrected chi connectivity index (χ2v) is 9.93. The maximum absolute atomic E-state index is 12.9. The minimum atomic E-state index is -0.0123. The molecule has 2 nitrogen and oxygen atoms in total. The quantitative estimate of drug-likeness (QED) is 0.139. The van der Waals surface area contributed by atoms with E-state index in [1.807, 2.05) is 6.07 Å². The molecule has 32 heavy (non-hydrogen) atoms. The predicted molar refractivity (Wildman–Crippen MR) is 139 cm³/mol. The molecule has 0 heterocycles. The van der Waals surface area contributed by atoms with Gasteiger partial charge in [0.05, 0.1) is 12.5 Å². The van der Waals surface area contributed by atoms with Gasteiger partial charge in [-0.25, -0.2) is 0 Å². The Morgan fingerprint density at radius 1 is 0.750 bits per heavy atom. The number of ether oxygens (including phenoxy) is 1. The van der Waals surface area contributed by atoms with E-state index < -0.39 is 0 Å². The van der Waals surface area contributed by atoms with E-state index in [0.29, 0.717) is 12.5 Å². The number of hydrogen-bond donors (Lipinski definition) is 0. The van der Waals surface area contributed by atoms with Crippen LogP contribution in [0.25, 0.3) is 0 Å². The van der Waals surface area contributed by atoms with E-state index in [4.69, 9.17) is 4.74 Å². The Hall–Kier alpha value is -1.31. The zero-order valence-electron chi connectivity index (χ0n) is 21.6. The lowest BCUT2D eigenvalue weighted by Crippen LogP contribution is -2.23. The molecule has 0 N–H and O–H groups in total. The largest absolute Gasteiger partial charge is 0.465 e. The molecule has 0 radical (unpaired) electrons. The van der Waals surface area contributed by atoms with Crippen LogP contribution in [0.15, 0.2) is 30.3 Å². The van der Waals surface area contributed by atoms with Crippen molar-refractivity contribution in [1.82, 2.24) is 0 Å². The normalized spacial score (nSPS) is 13.1. The minimum Gasteiger partial charge on any atom is -0.465 e. The van der Waals surface area contributed by atoms with Gasteiger partial charge < -0.3 is 4.74 Å². The first-order chi connectivity index (χ1) is 15.7. The van der Waals surface area contributed by atoms with E-state index in [2.05, 4.69) is 45.0 Å². The molecule has 0 saturated carbocycles. The molecule has 0 spiro atoms. The van der Waals surface area contributed by atoms with Crippen LogP contribution in [-0.2, 0) is 16.0 Å². The van der Waals surface area contributed by atoms with Crippen molar-refractivity contribution >= 4 is 5.97 Å². The van der Waals surface area contributed by atoms with Crippen LogP contribution in [0.2, 0.25) is 0 Å². The monoisotopic (exact) mass is 444 g/mol. The van der Waals surface area contributed by atoms with Gasteiger partial charge in [-0.3, -0.25) is 4.79 Å². The van der Waals surface area contributed by atoms with Crippen molar-refractivity contribution < 1.29 is 9.53 Å². The molecular weight excluding hydrogens is 392 g/mol. The average molecular weight is 445 g/mol. The smallest absolute Gasteiger partial charge is 0.309 e. The number of carbonyl (C=O) groups excluding carboxylic acids is 1. The van der Waals surface area contributed by atoms with Crippen molar-refractivity contribution in [3.05, 3.63) is 35.9 Å².